The van der Waals surface area contributed by atoms with Crippen molar-refractivity contribution >= 4 is 46.4 Å². The standard InChI is InChI=1S/C16H16ClN3O4S/c17-11-1-2-12(24-9-14(21)20-3-5-23-6-4-20)10(7-11)8-13-15(22)19-16(18)25-13/h1-2,7-8H,3-6,9H2,(H2,18,19,22)/b13-8-. The summed E-state index contributed by atoms with van der Waals surface area (Å²) in [5.41, 5.74) is 6.14. The first-order valence-electron chi connectivity index (χ1n) is 7.59. The van der Waals surface area contributed by atoms with Crippen molar-refractivity contribution in [3.8, 4) is 5.75 Å². The molecular weight excluding hydrogens is 366 g/mol. The lowest BCUT2D eigenvalue weighted by atomic mass is 10.2. The summed E-state index contributed by atoms with van der Waals surface area (Å²) in [6.45, 7) is 2.08. The SMILES string of the molecule is NC1=NC(=O)/C(=C/c2cc(Cl)ccc2OCC(=O)N2CCOCC2)S1. The van der Waals surface area contributed by atoms with Crippen molar-refractivity contribution in [1.82, 2.24) is 4.90 Å². The first-order valence-corrected chi connectivity index (χ1v) is 8.78. The Morgan fingerprint density at radius 2 is 2.20 bits per heavy atom. The molecule has 0 radical (unpaired) electrons. The van der Waals surface area contributed by atoms with Crippen molar-refractivity contribution in [2.75, 3.05) is 32.9 Å². The number of carbonyl (C=O) groups is 2. The van der Waals surface area contributed by atoms with Crippen molar-refractivity contribution < 1.29 is 19.1 Å². The number of aliphatic imine (C=N–C) groups is 1. The third-order valence-electron chi connectivity index (χ3n) is 3.61. The highest BCUT2D eigenvalue weighted by Gasteiger charge is 2.21. The van der Waals surface area contributed by atoms with E-state index in [9.17, 15) is 9.59 Å². The first kappa shape index (κ1) is 17.8. The van der Waals surface area contributed by atoms with Gasteiger partial charge >= 0.3 is 0 Å². The van der Waals surface area contributed by atoms with Crippen molar-refractivity contribution in [3.63, 3.8) is 0 Å². The Morgan fingerprint density at radius 1 is 1.44 bits per heavy atom. The van der Waals surface area contributed by atoms with E-state index in [4.69, 9.17) is 26.8 Å². The number of thioether (sulfide) groups is 1. The van der Waals surface area contributed by atoms with Gasteiger partial charge in [0.2, 0.25) is 0 Å². The van der Waals surface area contributed by atoms with Crippen molar-refractivity contribution in [3.05, 3.63) is 33.7 Å². The van der Waals surface area contributed by atoms with Gasteiger partial charge in [0.1, 0.15) is 5.75 Å². The van der Waals surface area contributed by atoms with Crippen LogP contribution in [0, 0.1) is 0 Å². The van der Waals surface area contributed by atoms with E-state index in [-0.39, 0.29) is 17.7 Å². The lowest BCUT2D eigenvalue weighted by molar-refractivity contribution is -0.137. The maximum atomic E-state index is 12.2. The molecule has 2 amide bonds. The second-order valence-electron chi connectivity index (χ2n) is 5.33. The number of nitrogens with zero attached hydrogens (tertiary/aromatic N) is 2. The van der Waals surface area contributed by atoms with Gasteiger partial charge in [-0.1, -0.05) is 11.6 Å². The molecule has 1 saturated heterocycles. The van der Waals surface area contributed by atoms with E-state index in [1.165, 1.54) is 0 Å². The highest BCUT2D eigenvalue weighted by atomic mass is 35.5. The number of carbonyl (C=O) groups excluding carboxylic acids is 2. The largest absolute Gasteiger partial charge is 0.483 e. The van der Waals surface area contributed by atoms with Gasteiger partial charge in [-0.15, -0.1) is 0 Å². The molecule has 2 heterocycles. The van der Waals surface area contributed by atoms with Crippen LogP contribution in [-0.4, -0.2) is 54.8 Å². The molecule has 0 bridgehead atoms. The summed E-state index contributed by atoms with van der Waals surface area (Å²) in [6, 6.07) is 4.98. The molecule has 3 rings (SSSR count). The van der Waals surface area contributed by atoms with Crippen LogP contribution in [0.15, 0.2) is 28.1 Å². The molecule has 25 heavy (non-hydrogen) atoms. The van der Waals surface area contributed by atoms with Crippen LogP contribution in [0.2, 0.25) is 5.02 Å². The van der Waals surface area contributed by atoms with E-state index in [2.05, 4.69) is 4.99 Å². The number of nitrogens with two attached hydrogens (primary N) is 1. The van der Waals surface area contributed by atoms with Crippen LogP contribution in [-0.2, 0) is 14.3 Å². The van der Waals surface area contributed by atoms with E-state index in [0.29, 0.717) is 47.5 Å². The topological polar surface area (TPSA) is 94.2 Å². The van der Waals surface area contributed by atoms with Gasteiger partial charge in [0.25, 0.3) is 11.8 Å². The summed E-state index contributed by atoms with van der Waals surface area (Å²) in [7, 11) is 0. The molecule has 1 aromatic carbocycles. The molecule has 9 heteroatoms. The maximum Gasteiger partial charge on any atom is 0.286 e. The molecule has 0 unspecified atom stereocenters. The van der Waals surface area contributed by atoms with Crippen LogP contribution in [0.3, 0.4) is 0 Å². The Bertz CT molecular complexity index is 760. The number of hydrogen-bond acceptors (Lipinski definition) is 6. The molecule has 0 aliphatic carbocycles. The normalized spacial score (nSPS) is 19.2. The number of halogens is 1. The lowest BCUT2D eigenvalue weighted by Gasteiger charge is -2.26. The maximum absolute atomic E-state index is 12.2. The van der Waals surface area contributed by atoms with Crippen LogP contribution in [0.25, 0.3) is 6.08 Å². The second-order valence-corrected chi connectivity index (χ2v) is 6.83. The summed E-state index contributed by atoms with van der Waals surface area (Å²) < 4.78 is 10.9. The molecule has 2 N–H and O–H groups in total. The van der Waals surface area contributed by atoms with E-state index >= 15 is 0 Å². The number of rotatable bonds is 4. The molecule has 132 valence electrons. The predicted octanol–water partition coefficient (Wildman–Crippen LogP) is 1.51. The van der Waals surface area contributed by atoms with Gasteiger partial charge in [-0.3, -0.25) is 9.59 Å². The van der Waals surface area contributed by atoms with E-state index < -0.39 is 5.91 Å². The second kappa shape index (κ2) is 7.90. The van der Waals surface area contributed by atoms with Crippen molar-refractivity contribution in [2.45, 2.75) is 0 Å². The molecule has 0 aromatic heterocycles. The average Bonchev–Trinajstić information content (AvgIpc) is 2.92. The minimum Gasteiger partial charge on any atom is -0.483 e. The van der Waals surface area contributed by atoms with Gasteiger partial charge in [0, 0.05) is 23.7 Å². The van der Waals surface area contributed by atoms with Gasteiger partial charge in [-0.25, -0.2) is 0 Å². The molecule has 1 aromatic rings. The summed E-state index contributed by atoms with van der Waals surface area (Å²) in [4.78, 5) is 29.7. The molecule has 2 aliphatic rings. The minimum atomic E-state index is -0.405. The summed E-state index contributed by atoms with van der Waals surface area (Å²) in [6.07, 6.45) is 1.61. The number of benzene rings is 1. The smallest absolute Gasteiger partial charge is 0.286 e. The van der Waals surface area contributed by atoms with E-state index in [0.717, 1.165) is 11.8 Å². The summed E-state index contributed by atoms with van der Waals surface area (Å²) in [5, 5.41) is 0.686. The summed E-state index contributed by atoms with van der Waals surface area (Å²) in [5.74, 6) is -0.0639. The molecular formula is C16H16ClN3O4S. The predicted molar refractivity (Wildman–Crippen MR) is 96.5 cm³/mol. The molecule has 0 atom stereocenters. The third kappa shape index (κ3) is 4.53. The lowest BCUT2D eigenvalue weighted by Crippen LogP contribution is -2.43. The van der Waals surface area contributed by atoms with Gasteiger partial charge in [0.15, 0.2) is 11.8 Å². The fraction of sp³-hybridized carbons (Fsp3) is 0.312. The minimum absolute atomic E-state index is 0.0997. The Hall–Kier alpha value is -2.03. The van der Waals surface area contributed by atoms with Crippen LogP contribution < -0.4 is 10.5 Å². The highest BCUT2D eigenvalue weighted by molar-refractivity contribution is 8.18. The zero-order valence-corrected chi connectivity index (χ0v) is 14.8. The van der Waals surface area contributed by atoms with Gasteiger partial charge in [-0.05, 0) is 36.0 Å². The van der Waals surface area contributed by atoms with E-state index in [1.807, 2.05) is 0 Å². The van der Waals surface area contributed by atoms with Gasteiger partial charge < -0.3 is 20.1 Å². The van der Waals surface area contributed by atoms with Crippen LogP contribution in [0.1, 0.15) is 5.56 Å². The Labute approximate surface area is 153 Å². The summed E-state index contributed by atoms with van der Waals surface area (Å²) >= 11 is 7.11. The molecule has 0 saturated carbocycles. The fourth-order valence-corrected chi connectivity index (χ4v) is 3.23. The van der Waals surface area contributed by atoms with Crippen LogP contribution in [0.4, 0.5) is 0 Å². The Balaban J connectivity index is 1.72. The number of amides is 2. The fourth-order valence-electron chi connectivity index (χ4n) is 2.37. The number of hydrogen-bond donors (Lipinski definition) is 1. The van der Waals surface area contributed by atoms with Gasteiger partial charge in [0.05, 0.1) is 18.1 Å². The molecule has 7 nitrogen and oxygen atoms in total. The molecule has 0 spiro atoms. The van der Waals surface area contributed by atoms with Gasteiger partial charge in [-0.2, -0.15) is 4.99 Å². The number of amidine groups is 1. The molecule has 2 aliphatic heterocycles. The zero-order valence-electron chi connectivity index (χ0n) is 13.2. The van der Waals surface area contributed by atoms with Crippen molar-refractivity contribution in [1.29, 1.82) is 0 Å². The van der Waals surface area contributed by atoms with E-state index in [1.54, 1.807) is 29.2 Å². The monoisotopic (exact) mass is 381 g/mol. The number of ether oxygens (including phenoxy) is 2. The quantitative estimate of drug-likeness (QED) is 0.794. The highest BCUT2D eigenvalue weighted by Crippen LogP contribution is 2.31. The Morgan fingerprint density at radius 3 is 2.88 bits per heavy atom. The van der Waals surface area contributed by atoms with Crippen LogP contribution in [0.5, 0.6) is 5.75 Å². The number of morpholine rings is 1. The third-order valence-corrected chi connectivity index (χ3v) is 4.66. The van der Waals surface area contributed by atoms with Crippen LogP contribution >= 0.6 is 23.4 Å². The Kier molecular flexibility index (Phi) is 5.62. The molecule has 1 fully saturated rings. The van der Waals surface area contributed by atoms with Crippen molar-refractivity contribution in [2.24, 2.45) is 10.7 Å². The average molecular weight is 382 g/mol. The zero-order chi connectivity index (χ0) is 17.8. The first-order chi connectivity index (χ1) is 12.0.